The zero-order valence-electron chi connectivity index (χ0n) is 13.4. The van der Waals surface area contributed by atoms with Crippen molar-refractivity contribution in [3.63, 3.8) is 0 Å². The molecule has 0 radical (unpaired) electrons. The zero-order valence-corrected chi connectivity index (χ0v) is 14.1. The molecule has 1 aliphatic heterocycles. The third-order valence-electron chi connectivity index (χ3n) is 4.25. The second-order valence-electron chi connectivity index (χ2n) is 5.90. The highest BCUT2D eigenvalue weighted by atomic mass is 35.5. The Balaban J connectivity index is 1.49. The van der Waals surface area contributed by atoms with Crippen molar-refractivity contribution in [2.45, 2.75) is 12.8 Å². The molecule has 0 aliphatic carbocycles. The van der Waals surface area contributed by atoms with Crippen LogP contribution in [0.5, 0.6) is 5.75 Å². The van der Waals surface area contributed by atoms with E-state index in [1.165, 1.54) is 6.20 Å². The minimum atomic E-state index is 0.161. The predicted octanol–water partition coefficient (Wildman–Crippen LogP) is 2.72. The molecule has 1 fully saturated rings. The summed E-state index contributed by atoms with van der Waals surface area (Å²) >= 11 is 5.87. The van der Waals surface area contributed by atoms with Gasteiger partial charge in [0.15, 0.2) is 0 Å². The van der Waals surface area contributed by atoms with Crippen LogP contribution in [-0.2, 0) is 11.2 Å². The number of pyridine rings is 1. The van der Waals surface area contributed by atoms with Crippen molar-refractivity contribution in [2.24, 2.45) is 0 Å². The summed E-state index contributed by atoms with van der Waals surface area (Å²) in [4.78, 5) is 20.4. The number of hydrogen-bond acceptors (Lipinski definition) is 4. The summed E-state index contributed by atoms with van der Waals surface area (Å²) in [6, 6.07) is 9.32. The third kappa shape index (κ3) is 4.17. The van der Waals surface area contributed by atoms with Crippen molar-refractivity contribution < 1.29 is 9.90 Å². The number of halogens is 1. The number of piperazine rings is 1. The molecule has 1 N–H and O–H groups in total. The van der Waals surface area contributed by atoms with Crippen LogP contribution < -0.4 is 4.90 Å². The molecular weight excluding hydrogens is 326 g/mol. The SMILES string of the molecule is O=C(CCc1ccc(Cl)cc1)N1CCN(c2cncc(O)c2)CC1. The van der Waals surface area contributed by atoms with Gasteiger partial charge in [0.2, 0.25) is 5.91 Å². The Kier molecular flexibility index (Phi) is 5.20. The maximum absolute atomic E-state index is 12.4. The van der Waals surface area contributed by atoms with Gasteiger partial charge in [0.25, 0.3) is 0 Å². The van der Waals surface area contributed by atoms with Gasteiger partial charge >= 0.3 is 0 Å². The molecule has 1 aromatic carbocycles. The first-order valence-electron chi connectivity index (χ1n) is 8.03. The number of carbonyl (C=O) groups is 1. The number of nitrogens with zero attached hydrogens (tertiary/aromatic N) is 3. The van der Waals surface area contributed by atoms with Crippen LogP contribution >= 0.6 is 11.6 Å². The van der Waals surface area contributed by atoms with E-state index in [2.05, 4.69) is 9.88 Å². The van der Waals surface area contributed by atoms with Crippen molar-refractivity contribution in [3.8, 4) is 5.75 Å². The average Bonchev–Trinajstić information content (AvgIpc) is 2.61. The molecule has 0 saturated carbocycles. The van der Waals surface area contributed by atoms with Crippen LogP contribution in [0.15, 0.2) is 42.7 Å². The molecule has 0 atom stereocenters. The van der Waals surface area contributed by atoms with Gasteiger partial charge in [-0.3, -0.25) is 9.78 Å². The second kappa shape index (κ2) is 7.53. The molecule has 1 saturated heterocycles. The molecule has 126 valence electrons. The molecule has 6 heteroatoms. The molecule has 0 unspecified atom stereocenters. The van der Waals surface area contributed by atoms with E-state index >= 15 is 0 Å². The smallest absolute Gasteiger partial charge is 0.223 e. The summed E-state index contributed by atoms with van der Waals surface area (Å²) < 4.78 is 0. The van der Waals surface area contributed by atoms with Crippen LogP contribution in [0.4, 0.5) is 5.69 Å². The molecule has 5 nitrogen and oxygen atoms in total. The van der Waals surface area contributed by atoms with Gasteiger partial charge in [0, 0.05) is 43.7 Å². The van der Waals surface area contributed by atoms with Gasteiger partial charge in [-0.25, -0.2) is 0 Å². The minimum Gasteiger partial charge on any atom is -0.506 e. The Morgan fingerprint density at radius 2 is 1.83 bits per heavy atom. The Hall–Kier alpha value is -2.27. The number of aromatic hydroxyl groups is 1. The maximum Gasteiger partial charge on any atom is 0.223 e. The number of rotatable bonds is 4. The molecule has 2 heterocycles. The van der Waals surface area contributed by atoms with Crippen molar-refractivity contribution >= 4 is 23.2 Å². The number of amides is 1. The lowest BCUT2D eigenvalue weighted by Crippen LogP contribution is -2.48. The molecule has 0 bridgehead atoms. The van der Waals surface area contributed by atoms with Crippen molar-refractivity contribution in [3.05, 3.63) is 53.3 Å². The fraction of sp³-hybridized carbons (Fsp3) is 0.333. The van der Waals surface area contributed by atoms with E-state index in [1.54, 1.807) is 12.3 Å². The van der Waals surface area contributed by atoms with Crippen LogP contribution in [-0.4, -0.2) is 47.1 Å². The Labute approximate surface area is 146 Å². The van der Waals surface area contributed by atoms with Gasteiger partial charge in [-0.15, -0.1) is 0 Å². The Morgan fingerprint density at radius 1 is 1.12 bits per heavy atom. The minimum absolute atomic E-state index is 0.161. The maximum atomic E-state index is 12.4. The highest BCUT2D eigenvalue weighted by Gasteiger charge is 2.21. The van der Waals surface area contributed by atoms with Crippen LogP contribution in [0, 0.1) is 0 Å². The molecule has 2 aromatic rings. The number of aryl methyl sites for hydroxylation is 1. The first-order chi connectivity index (χ1) is 11.6. The van der Waals surface area contributed by atoms with E-state index in [4.69, 9.17) is 11.6 Å². The summed E-state index contributed by atoms with van der Waals surface area (Å²) in [5.41, 5.74) is 2.01. The van der Waals surface area contributed by atoms with E-state index < -0.39 is 0 Å². The molecule has 24 heavy (non-hydrogen) atoms. The molecule has 0 spiro atoms. The first-order valence-corrected chi connectivity index (χ1v) is 8.41. The lowest BCUT2D eigenvalue weighted by molar-refractivity contribution is -0.131. The molecule has 1 aromatic heterocycles. The third-order valence-corrected chi connectivity index (χ3v) is 4.50. The topological polar surface area (TPSA) is 56.7 Å². The van der Waals surface area contributed by atoms with Gasteiger partial charge in [-0.1, -0.05) is 23.7 Å². The van der Waals surface area contributed by atoms with Crippen LogP contribution in [0.1, 0.15) is 12.0 Å². The van der Waals surface area contributed by atoms with Gasteiger partial charge in [0.05, 0.1) is 18.1 Å². The molecule has 1 aliphatic rings. The number of carbonyl (C=O) groups excluding carboxylic acids is 1. The van der Waals surface area contributed by atoms with Gasteiger partial charge < -0.3 is 14.9 Å². The summed E-state index contributed by atoms with van der Waals surface area (Å²) in [6.45, 7) is 2.87. The van der Waals surface area contributed by atoms with Gasteiger partial charge in [0.1, 0.15) is 5.75 Å². The summed E-state index contributed by atoms with van der Waals surface area (Å²) in [6.07, 6.45) is 4.39. The van der Waals surface area contributed by atoms with E-state index in [9.17, 15) is 9.90 Å². The number of benzene rings is 1. The highest BCUT2D eigenvalue weighted by molar-refractivity contribution is 6.30. The quantitative estimate of drug-likeness (QED) is 0.925. The molecule has 1 amide bonds. The zero-order chi connectivity index (χ0) is 16.9. The van der Waals surface area contributed by atoms with Gasteiger partial charge in [-0.2, -0.15) is 0 Å². The standard InChI is InChI=1S/C18H20ClN3O2/c19-15-4-1-14(2-5-15)3-6-18(24)22-9-7-21(8-10-22)16-11-17(23)13-20-12-16/h1-2,4-5,11-13,23H,3,6-10H2. The first kappa shape index (κ1) is 16.6. The van der Waals surface area contributed by atoms with Crippen LogP contribution in [0.3, 0.4) is 0 Å². The van der Waals surface area contributed by atoms with Crippen molar-refractivity contribution in [1.82, 2.24) is 9.88 Å². The second-order valence-corrected chi connectivity index (χ2v) is 6.33. The summed E-state index contributed by atoms with van der Waals surface area (Å²) in [5, 5.41) is 10.2. The van der Waals surface area contributed by atoms with E-state index in [-0.39, 0.29) is 11.7 Å². The van der Waals surface area contributed by atoms with Gasteiger partial charge in [-0.05, 0) is 24.1 Å². The summed E-state index contributed by atoms with van der Waals surface area (Å²) in [5.74, 6) is 0.340. The average molecular weight is 346 g/mol. The van der Waals surface area contributed by atoms with Crippen LogP contribution in [0.25, 0.3) is 0 Å². The lowest BCUT2D eigenvalue weighted by atomic mass is 10.1. The normalized spacial score (nSPS) is 14.7. The fourth-order valence-corrected chi connectivity index (χ4v) is 2.99. The highest BCUT2D eigenvalue weighted by Crippen LogP contribution is 2.20. The largest absolute Gasteiger partial charge is 0.506 e. The Bertz CT molecular complexity index is 698. The van der Waals surface area contributed by atoms with E-state index in [0.717, 1.165) is 30.8 Å². The number of hydrogen-bond donors (Lipinski definition) is 1. The molecular formula is C18H20ClN3O2. The Morgan fingerprint density at radius 3 is 2.50 bits per heavy atom. The number of anilines is 1. The van der Waals surface area contributed by atoms with E-state index in [1.807, 2.05) is 29.2 Å². The monoisotopic (exact) mass is 345 g/mol. The lowest BCUT2D eigenvalue weighted by Gasteiger charge is -2.36. The van der Waals surface area contributed by atoms with E-state index in [0.29, 0.717) is 24.5 Å². The van der Waals surface area contributed by atoms with Crippen LogP contribution in [0.2, 0.25) is 5.02 Å². The number of aromatic nitrogens is 1. The summed E-state index contributed by atoms with van der Waals surface area (Å²) in [7, 11) is 0. The predicted molar refractivity (Wildman–Crippen MR) is 94.5 cm³/mol. The van der Waals surface area contributed by atoms with Crippen molar-refractivity contribution in [1.29, 1.82) is 0 Å². The fourth-order valence-electron chi connectivity index (χ4n) is 2.86. The van der Waals surface area contributed by atoms with Crippen molar-refractivity contribution in [2.75, 3.05) is 31.1 Å². The molecule has 3 rings (SSSR count).